The maximum Gasteiger partial charge on any atom is 0.231 e. The first-order chi connectivity index (χ1) is 13.5. The zero-order valence-corrected chi connectivity index (χ0v) is 16.8. The average molecular weight is 385 g/mol. The third kappa shape index (κ3) is 3.94. The van der Waals surface area contributed by atoms with Gasteiger partial charge in [0, 0.05) is 44.1 Å². The lowest BCUT2D eigenvalue weighted by molar-refractivity contribution is -0.140. The van der Waals surface area contributed by atoms with E-state index in [9.17, 15) is 9.59 Å². The molecule has 2 N–H and O–H groups in total. The molecule has 1 aromatic carbocycles. The predicted molar refractivity (Wildman–Crippen MR) is 109 cm³/mol. The van der Waals surface area contributed by atoms with E-state index in [1.54, 1.807) is 0 Å². The summed E-state index contributed by atoms with van der Waals surface area (Å²) >= 11 is 0. The van der Waals surface area contributed by atoms with Crippen molar-refractivity contribution in [3.8, 4) is 0 Å². The van der Waals surface area contributed by atoms with Gasteiger partial charge in [0.2, 0.25) is 11.8 Å². The van der Waals surface area contributed by atoms with Crippen molar-refractivity contribution in [2.45, 2.75) is 31.2 Å². The third-order valence-corrected chi connectivity index (χ3v) is 6.96. The van der Waals surface area contributed by atoms with E-state index >= 15 is 0 Å². The van der Waals surface area contributed by atoms with Gasteiger partial charge in [-0.15, -0.1) is 0 Å². The van der Waals surface area contributed by atoms with Crippen molar-refractivity contribution in [1.29, 1.82) is 0 Å². The topological polar surface area (TPSA) is 69.9 Å². The molecule has 3 aliphatic rings. The Bertz CT molecular complexity index is 710. The van der Waals surface area contributed by atoms with Crippen LogP contribution in [0.1, 0.15) is 30.7 Å². The molecule has 4 rings (SSSR count). The molecule has 3 aliphatic heterocycles. The molecule has 0 spiro atoms. The molecule has 3 heterocycles. The maximum atomic E-state index is 13.3. The van der Waals surface area contributed by atoms with Crippen molar-refractivity contribution >= 4 is 11.8 Å². The molecule has 3 saturated heterocycles. The summed E-state index contributed by atoms with van der Waals surface area (Å²) in [4.78, 5) is 31.2. The lowest BCUT2D eigenvalue weighted by atomic mass is 9.81. The zero-order valence-electron chi connectivity index (χ0n) is 16.8. The van der Waals surface area contributed by atoms with E-state index in [1.165, 1.54) is 5.56 Å². The summed E-state index contributed by atoms with van der Waals surface area (Å²) in [6.07, 6.45) is 2.92. The third-order valence-electron chi connectivity index (χ3n) is 6.96. The number of piperidine rings is 2. The molecule has 6 nitrogen and oxygen atoms in total. The fraction of sp³-hybridized carbons (Fsp3) is 0.636. The summed E-state index contributed by atoms with van der Waals surface area (Å²) in [5, 5.41) is 0. The Morgan fingerprint density at radius 1 is 1.07 bits per heavy atom. The van der Waals surface area contributed by atoms with E-state index in [-0.39, 0.29) is 24.3 Å². The first-order valence-corrected chi connectivity index (χ1v) is 10.6. The summed E-state index contributed by atoms with van der Waals surface area (Å²) in [5.74, 6) is 0.946. The van der Waals surface area contributed by atoms with E-state index in [0.29, 0.717) is 24.4 Å². The standard InChI is InChI=1S/C22H32N4O2/c1-24-13-18(16-6-3-2-4-7-16)19-14-26(11-9-20(19)24)22(28)17-8-5-10-25(12-17)15-21(23)27/h2-4,6-7,17-20H,5,8-15H2,1H3,(H2,23,27)/t17-,18-,19-,20-/m1/s1. The Labute approximate surface area is 167 Å². The number of nitrogens with zero attached hydrogens (tertiary/aromatic N) is 3. The van der Waals surface area contributed by atoms with Crippen molar-refractivity contribution in [3.63, 3.8) is 0 Å². The van der Waals surface area contributed by atoms with Gasteiger partial charge < -0.3 is 15.5 Å². The highest BCUT2D eigenvalue weighted by Gasteiger charge is 2.45. The van der Waals surface area contributed by atoms with Gasteiger partial charge in [0.1, 0.15) is 0 Å². The minimum Gasteiger partial charge on any atom is -0.369 e. The number of fused-ring (bicyclic) bond motifs is 1. The van der Waals surface area contributed by atoms with Crippen LogP contribution in [0.3, 0.4) is 0 Å². The Balaban J connectivity index is 1.44. The van der Waals surface area contributed by atoms with Crippen molar-refractivity contribution in [1.82, 2.24) is 14.7 Å². The minimum atomic E-state index is -0.311. The fourth-order valence-corrected chi connectivity index (χ4v) is 5.63. The number of primary amides is 1. The molecule has 2 amide bonds. The second kappa shape index (κ2) is 8.21. The Morgan fingerprint density at radius 2 is 1.86 bits per heavy atom. The molecule has 152 valence electrons. The highest BCUT2D eigenvalue weighted by Crippen LogP contribution is 2.41. The van der Waals surface area contributed by atoms with Crippen molar-refractivity contribution in [2.75, 3.05) is 46.3 Å². The monoisotopic (exact) mass is 384 g/mol. The number of likely N-dealkylation sites (N-methyl/N-ethyl adjacent to an activating group) is 1. The number of hydrogen-bond acceptors (Lipinski definition) is 4. The lowest BCUT2D eigenvalue weighted by Gasteiger charge is -2.41. The van der Waals surface area contributed by atoms with Gasteiger partial charge in [-0.3, -0.25) is 14.5 Å². The van der Waals surface area contributed by atoms with Crippen LogP contribution in [-0.2, 0) is 9.59 Å². The van der Waals surface area contributed by atoms with E-state index in [1.807, 2.05) is 4.90 Å². The van der Waals surface area contributed by atoms with Crippen molar-refractivity contribution in [2.24, 2.45) is 17.6 Å². The van der Waals surface area contributed by atoms with Gasteiger partial charge in [-0.2, -0.15) is 0 Å². The number of nitrogens with two attached hydrogens (primary N) is 1. The largest absolute Gasteiger partial charge is 0.369 e. The molecule has 0 aliphatic carbocycles. The van der Waals surface area contributed by atoms with Crippen LogP contribution < -0.4 is 5.73 Å². The molecule has 0 radical (unpaired) electrons. The first-order valence-electron chi connectivity index (χ1n) is 10.6. The summed E-state index contributed by atoms with van der Waals surface area (Å²) in [6.45, 7) is 4.54. The summed E-state index contributed by atoms with van der Waals surface area (Å²) in [6, 6.07) is 11.3. The highest BCUT2D eigenvalue weighted by atomic mass is 16.2. The number of benzene rings is 1. The fourth-order valence-electron chi connectivity index (χ4n) is 5.63. The number of rotatable bonds is 4. The van der Waals surface area contributed by atoms with Crippen LogP contribution >= 0.6 is 0 Å². The Morgan fingerprint density at radius 3 is 2.61 bits per heavy atom. The second-order valence-electron chi connectivity index (χ2n) is 8.80. The molecule has 0 aromatic heterocycles. The van der Waals surface area contributed by atoms with Crippen LogP contribution in [0.5, 0.6) is 0 Å². The van der Waals surface area contributed by atoms with Gasteiger partial charge >= 0.3 is 0 Å². The Hall–Kier alpha value is -1.92. The summed E-state index contributed by atoms with van der Waals surface area (Å²) < 4.78 is 0. The normalized spacial score (nSPS) is 31.5. The molecule has 4 atom stereocenters. The summed E-state index contributed by atoms with van der Waals surface area (Å²) in [7, 11) is 2.22. The van der Waals surface area contributed by atoms with E-state index in [2.05, 4.69) is 47.2 Å². The highest BCUT2D eigenvalue weighted by molar-refractivity contribution is 5.80. The zero-order chi connectivity index (χ0) is 19.7. The summed E-state index contributed by atoms with van der Waals surface area (Å²) in [5.41, 5.74) is 6.74. The number of carbonyl (C=O) groups excluding carboxylic acids is 2. The average Bonchev–Trinajstić information content (AvgIpc) is 3.04. The lowest BCUT2D eigenvalue weighted by Crippen LogP contribution is -2.52. The van der Waals surface area contributed by atoms with Crippen molar-refractivity contribution < 1.29 is 9.59 Å². The van der Waals surface area contributed by atoms with Crippen LogP contribution in [0, 0.1) is 11.8 Å². The smallest absolute Gasteiger partial charge is 0.231 e. The second-order valence-corrected chi connectivity index (χ2v) is 8.80. The van der Waals surface area contributed by atoms with Gasteiger partial charge in [-0.05, 0) is 38.4 Å². The predicted octanol–water partition coefficient (Wildman–Crippen LogP) is 1.13. The van der Waals surface area contributed by atoms with Gasteiger partial charge in [0.15, 0.2) is 0 Å². The minimum absolute atomic E-state index is 0.000965. The molecular formula is C22H32N4O2. The van der Waals surface area contributed by atoms with Gasteiger partial charge in [-0.1, -0.05) is 30.3 Å². The van der Waals surface area contributed by atoms with Crippen LogP contribution in [0.25, 0.3) is 0 Å². The van der Waals surface area contributed by atoms with Gasteiger partial charge in [-0.25, -0.2) is 0 Å². The molecule has 28 heavy (non-hydrogen) atoms. The van der Waals surface area contributed by atoms with Crippen LogP contribution in [0.2, 0.25) is 0 Å². The van der Waals surface area contributed by atoms with Gasteiger partial charge in [0.05, 0.1) is 12.5 Å². The molecule has 3 fully saturated rings. The molecule has 1 aromatic rings. The molecule has 0 unspecified atom stereocenters. The quantitative estimate of drug-likeness (QED) is 0.845. The number of amides is 2. The number of likely N-dealkylation sites (tertiary alicyclic amines) is 3. The van der Waals surface area contributed by atoms with Crippen LogP contribution in [0.4, 0.5) is 0 Å². The van der Waals surface area contributed by atoms with Crippen molar-refractivity contribution in [3.05, 3.63) is 35.9 Å². The Kier molecular flexibility index (Phi) is 5.69. The molecular weight excluding hydrogens is 352 g/mol. The maximum absolute atomic E-state index is 13.3. The van der Waals surface area contributed by atoms with E-state index in [0.717, 1.165) is 45.4 Å². The molecule has 0 saturated carbocycles. The van der Waals surface area contributed by atoms with Gasteiger partial charge in [0.25, 0.3) is 0 Å². The van der Waals surface area contributed by atoms with Crippen LogP contribution in [-0.4, -0.2) is 78.9 Å². The SMILES string of the molecule is CN1C[C@H](c2ccccc2)[C@H]2CN(C(=O)[C@@H]3CCCN(CC(N)=O)C3)CC[C@H]21. The molecule has 0 bridgehead atoms. The first kappa shape index (κ1) is 19.4. The van der Waals surface area contributed by atoms with E-state index in [4.69, 9.17) is 5.73 Å². The number of carbonyl (C=O) groups is 2. The van der Waals surface area contributed by atoms with E-state index < -0.39 is 0 Å². The van der Waals surface area contributed by atoms with Crippen LogP contribution in [0.15, 0.2) is 30.3 Å². The molecule has 6 heteroatoms. The number of hydrogen-bond donors (Lipinski definition) is 1.